The van der Waals surface area contributed by atoms with Gasteiger partial charge >= 0.3 is 12.0 Å². The molecule has 2 rings (SSSR count). The van der Waals surface area contributed by atoms with E-state index in [0.29, 0.717) is 26.1 Å². The van der Waals surface area contributed by atoms with Gasteiger partial charge in [-0.1, -0.05) is 0 Å². The average Bonchev–Trinajstić information content (AvgIpc) is 2.79. The van der Waals surface area contributed by atoms with Crippen molar-refractivity contribution in [2.45, 2.75) is 30.8 Å². The second-order valence-electron chi connectivity index (χ2n) is 4.97. The number of nitrogens with two attached hydrogens (primary N) is 1. The molecular weight excluding hydrogens is 238 g/mol. The zero-order valence-electron chi connectivity index (χ0n) is 10.2. The van der Waals surface area contributed by atoms with Crippen LogP contribution in [0, 0.1) is 0 Å². The van der Waals surface area contributed by atoms with Crippen LogP contribution >= 0.6 is 0 Å². The summed E-state index contributed by atoms with van der Waals surface area (Å²) in [7, 11) is 0. The van der Waals surface area contributed by atoms with Gasteiger partial charge in [-0.3, -0.25) is 0 Å². The summed E-state index contributed by atoms with van der Waals surface area (Å²) in [6.45, 7) is 1.47. The Labute approximate surface area is 105 Å². The van der Waals surface area contributed by atoms with E-state index in [2.05, 4.69) is 5.32 Å². The molecule has 4 N–H and O–H groups in total. The van der Waals surface area contributed by atoms with Crippen molar-refractivity contribution >= 4 is 12.0 Å². The predicted molar refractivity (Wildman–Crippen MR) is 63.1 cm³/mol. The third kappa shape index (κ3) is 2.56. The first-order chi connectivity index (χ1) is 8.53. The summed E-state index contributed by atoms with van der Waals surface area (Å²) in [5, 5.41) is 11.8. The van der Waals surface area contributed by atoms with Crippen LogP contribution in [0.3, 0.4) is 0 Å². The zero-order valence-corrected chi connectivity index (χ0v) is 10.2. The van der Waals surface area contributed by atoms with Crippen LogP contribution in [0.1, 0.15) is 19.3 Å². The van der Waals surface area contributed by atoms with Crippen molar-refractivity contribution in [2.24, 2.45) is 5.73 Å². The third-order valence-corrected chi connectivity index (χ3v) is 3.52. The molecule has 2 atom stereocenters. The molecule has 0 saturated carbocycles. The van der Waals surface area contributed by atoms with Crippen molar-refractivity contribution in [3.8, 4) is 0 Å². The van der Waals surface area contributed by atoms with Crippen molar-refractivity contribution in [2.75, 3.05) is 26.3 Å². The molecule has 2 aliphatic heterocycles. The van der Waals surface area contributed by atoms with Gasteiger partial charge in [0.25, 0.3) is 0 Å². The lowest BCUT2D eigenvalue weighted by Crippen LogP contribution is -2.60. The third-order valence-electron chi connectivity index (χ3n) is 3.52. The number of carbonyl (C=O) groups excluding carboxylic acids is 1. The number of carbonyl (C=O) groups is 2. The first-order valence-corrected chi connectivity index (χ1v) is 6.17. The molecule has 0 aromatic heterocycles. The number of nitrogens with one attached hydrogen (secondary N) is 1. The van der Waals surface area contributed by atoms with Gasteiger partial charge in [0.1, 0.15) is 0 Å². The standard InChI is InChI=1S/C11H19N3O4/c12-8-2-1-4-14(6-8)10(17)13-11(9(15)16)3-5-18-7-11/h8H,1-7,12H2,(H,13,17)(H,15,16). The fourth-order valence-corrected chi connectivity index (χ4v) is 2.36. The quantitative estimate of drug-likeness (QED) is 0.610. The summed E-state index contributed by atoms with van der Waals surface area (Å²) >= 11 is 0. The molecule has 102 valence electrons. The fraction of sp³-hybridized carbons (Fsp3) is 0.818. The van der Waals surface area contributed by atoms with Crippen LogP contribution in [-0.4, -0.2) is 59.9 Å². The van der Waals surface area contributed by atoms with Gasteiger partial charge < -0.3 is 25.8 Å². The van der Waals surface area contributed by atoms with Crippen molar-refractivity contribution < 1.29 is 19.4 Å². The SMILES string of the molecule is NC1CCCN(C(=O)NC2(C(=O)O)CCOC2)C1. The van der Waals surface area contributed by atoms with Gasteiger partial charge in [0, 0.05) is 32.2 Å². The number of carboxylic acid groups (broad SMARTS) is 1. The van der Waals surface area contributed by atoms with Gasteiger partial charge in [-0.05, 0) is 12.8 Å². The lowest BCUT2D eigenvalue weighted by Gasteiger charge is -2.33. The molecule has 0 bridgehead atoms. The van der Waals surface area contributed by atoms with Gasteiger partial charge in [-0.2, -0.15) is 0 Å². The number of piperidine rings is 1. The van der Waals surface area contributed by atoms with E-state index in [1.54, 1.807) is 4.90 Å². The molecule has 18 heavy (non-hydrogen) atoms. The maximum Gasteiger partial charge on any atom is 0.332 e. The number of hydrogen-bond acceptors (Lipinski definition) is 4. The normalized spacial score (nSPS) is 32.3. The molecule has 2 aliphatic rings. The fourth-order valence-electron chi connectivity index (χ4n) is 2.36. The minimum atomic E-state index is -1.28. The van der Waals surface area contributed by atoms with Gasteiger partial charge in [0.2, 0.25) is 0 Å². The molecule has 0 aromatic rings. The molecule has 7 heteroatoms. The Morgan fingerprint density at radius 2 is 2.28 bits per heavy atom. The number of aliphatic carboxylic acids is 1. The Bertz CT molecular complexity index is 341. The summed E-state index contributed by atoms with van der Waals surface area (Å²) in [4.78, 5) is 24.9. The van der Waals surface area contributed by atoms with Crippen LogP contribution in [-0.2, 0) is 9.53 Å². The molecule has 2 unspecified atom stereocenters. The smallest absolute Gasteiger partial charge is 0.332 e. The Morgan fingerprint density at radius 1 is 1.50 bits per heavy atom. The highest BCUT2D eigenvalue weighted by Crippen LogP contribution is 2.20. The molecule has 2 fully saturated rings. The van der Waals surface area contributed by atoms with Gasteiger partial charge in [-0.25, -0.2) is 9.59 Å². The first kappa shape index (κ1) is 13.1. The van der Waals surface area contributed by atoms with E-state index >= 15 is 0 Å². The minimum absolute atomic E-state index is 0.0218. The molecule has 0 radical (unpaired) electrons. The summed E-state index contributed by atoms with van der Waals surface area (Å²) in [5.41, 5.74) is 4.52. The van der Waals surface area contributed by atoms with Crippen LogP contribution in [0.15, 0.2) is 0 Å². The number of amides is 2. The van der Waals surface area contributed by atoms with Crippen LogP contribution in [0.5, 0.6) is 0 Å². The van der Waals surface area contributed by atoms with E-state index in [0.717, 1.165) is 12.8 Å². The minimum Gasteiger partial charge on any atom is -0.479 e. The number of carboxylic acids is 1. The highest BCUT2D eigenvalue weighted by atomic mass is 16.5. The van der Waals surface area contributed by atoms with Gasteiger partial charge in [0.05, 0.1) is 6.61 Å². The summed E-state index contributed by atoms with van der Waals surface area (Å²) in [5.74, 6) is -1.05. The number of rotatable bonds is 2. The van der Waals surface area contributed by atoms with E-state index in [-0.39, 0.29) is 18.7 Å². The van der Waals surface area contributed by atoms with Gasteiger partial charge in [-0.15, -0.1) is 0 Å². The van der Waals surface area contributed by atoms with Crippen LogP contribution < -0.4 is 11.1 Å². The van der Waals surface area contributed by atoms with E-state index < -0.39 is 11.5 Å². The van der Waals surface area contributed by atoms with Crippen molar-refractivity contribution in [3.05, 3.63) is 0 Å². The van der Waals surface area contributed by atoms with Crippen LogP contribution in [0.25, 0.3) is 0 Å². The number of nitrogens with zero attached hydrogens (tertiary/aromatic N) is 1. The van der Waals surface area contributed by atoms with E-state index in [4.69, 9.17) is 10.5 Å². The molecule has 2 amide bonds. The molecular formula is C11H19N3O4. The largest absolute Gasteiger partial charge is 0.479 e. The van der Waals surface area contributed by atoms with E-state index in [9.17, 15) is 14.7 Å². The summed E-state index contributed by atoms with van der Waals surface area (Å²) < 4.78 is 5.09. The van der Waals surface area contributed by atoms with Crippen molar-refractivity contribution in [1.29, 1.82) is 0 Å². The number of hydrogen-bond donors (Lipinski definition) is 3. The maximum absolute atomic E-state index is 12.0. The number of likely N-dealkylation sites (tertiary alicyclic amines) is 1. The molecule has 0 aromatic carbocycles. The van der Waals surface area contributed by atoms with Crippen LogP contribution in [0.2, 0.25) is 0 Å². The van der Waals surface area contributed by atoms with Crippen molar-refractivity contribution in [1.82, 2.24) is 10.2 Å². The Hall–Kier alpha value is -1.34. The topological polar surface area (TPSA) is 105 Å². The molecule has 0 aliphatic carbocycles. The average molecular weight is 257 g/mol. The van der Waals surface area contributed by atoms with Gasteiger partial charge in [0.15, 0.2) is 5.54 Å². The van der Waals surface area contributed by atoms with Crippen LogP contribution in [0.4, 0.5) is 4.79 Å². The molecule has 2 heterocycles. The molecule has 2 saturated heterocycles. The Morgan fingerprint density at radius 3 is 2.83 bits per heavy atom. The maximum atomic E-state index is 12.0. The summed E-state index contributed by atoms with van der Waals surface area (Å²) in [6, 6.07) is -0.386. The first-order valence-electron chi connectivity index (χ1n) is 6.17. The summed E-state index contributed by atoms with van der Waals surface area (Å²) in [6.07, 6.45) is 2.05. The number of urea groups is 1. The Balaban J connectivity index is 1.99. The second-order valence-corrected chi connectivity index (χ2v) is 4.97. The highest BCUT2D eigenvalue weighted by Gasteiger charge is 2.44. The van der Waals surface area contributed by atoms with E-state index in [1.165, 1.54) is 0 Å². The lowest BCUT2D eigenvalue weighted by molar-refractivity contribution is -0.144. The Kier molecular flexibility index (Phi) is 3.72. The molecule has 7 nitrogen and oxygen atoms in total. The second kappa shape index (κ2) is 5.11. The van der Waals surface area contributed by atoms with E-state index in [1.807, 2.05) is 0 Å². The highest BCUT2D eigenvalue weighted by molar-refractivity contribution is 5.86. The zero-order chi connectivity index (χ0) is 13.2. The molecule has 0 spiro atoms. The van der Waals surface area contributed by atoms with Crippen molar-refractivity contribution in [3.63, 3.8) is 0 Å². The lowest BCUT2D eigenvalue weighted by atomic mass is 9.99. The number of ether oxygens (including phenoxy) is 1. The predicted octanol–water partition coefficient (Wildman–Crippen LogP) is -0.637. The monoisotopic (exact) mass is 257 g/mol.